The Labute approximate surface area is 205 Å². The van der Waals surface area contributed by atoms with Crippen LogP contribution in [0.5, 0.6) is 0 Å². The zero-order valence-electron chi connectivity index (χ0n) is 19.8. The first-order valence-corrected chi connectivity index (χ1v) is 12.7. The molecule has 2 aromatic carbocycles. The van der Waals surface area contributed by atoms with Crippen LogP contribution in [0.1, 0.15) is 55.6 Å². The van der Waals surface area contributed by atoms with Crippen molar-refractivity contribution in [1.29, 1.82) is 0 Å². The average Bonchev–Trinajstić information content (AvgIpc) is 3.48. The molecule has 2 aliphatic carbocycles. The number of carboxylic acids is 1. The zero-order chi connectivity index (χ0) is 24.4. The molecule has 5 rings (SSSR count). The standard InChI is InChI=1S/C28H32N2O5/c31-26(30-15-6-5-14-25(30)27(32)33)19-13-7-8-18(19)16-29-28(34)35-17-24-22-11-3-1-9-20(22)21-10-2-4-12-23(21)24/h1-4,9-12,18-19,24-25H,5-8,13-17H2,(H,29,34)(H,32,33). The number of aliphatic carboxylic acids is 1. The highest BCUT2D eigenvalue weighted by molar-refractivity contribution is 5.86. The predicted molar refractivity (Wildman–Crippen MR) is 131 cm³/mol. The Morgan fingerprint density at radius 3 is 2.29 bits per heavy atom. The fraction of sp³-hybridized carbons (Fsp3) is 0.464. The van der Waals surface area contributed by atoms with Gasteiger partial charge in [0.15, 0.2) is 0 Å². The minimum Gasteiger partial charge on any atom is -0.480 e. The van der Waals surface area contributed by atoms with Gasteiger partial charge in [-0.05, 0) is 60.3 Å². The molecule has 3 aliphatic rings. The van der Waals surface area contributed by atoms with E-state index in [1.165, 1.54) is 11.1 Å². The summed E-state index contributed by atoms with van der Waals surface area (Å²) < 4.78 is 5.64. The SMILES string of the molecule is O=C(NCC1CCCC1C(=O)N1CCCCC1C(=O)O)OCC1c2ccccc2-c2ccccc21. The van der Waals surface area contributed by atoms with E-state index in [0.717, 1.165) is 43.2 Å². The number of amides is 2. The number of rotatable bonds is 6. The van der Waals surface area contributed by atoms with Gasteiger partial charge in [-0.2, -0.15) is 0 Å². The lowest BCUT2D eigenvalue weighted by Gasteiger charge is -2.36. The summed E-state index contributed by atoms with van der Waals surface area (Å²) in [4.78, 5) is 39.0. The van der Waals surface area contributed by atoms with E-state index in [2.05, 4.69) is 29.6 Å². The molecule has 3 unspecified atom stereocenters. The number of alkyl carbamates (subject to hydrolysis) is 1. The third-order valence-corrected chi connectivity index (χ3v) is 7.90. The molecule has 184 valence electrons. The minimum absolute atomic E-state index is 0.000598. The average molecular weight is 477 g/mol. The Morgan fingerprint density at radius 1 is 0.914 bits per heavy atom. The van der Waals surface area contributed by atoms with Gasteiger partial charge in [0, 0.05) is 24.9 Å². The Hall–Kier alpha value is -3.35. The number of ether oxygens (including phenoxy) is 1. The van der Waals surface area contributed by atoms with Gasteiger partial charge < -0.3 is 20.1 Å². The van der Waals surface area contributed by atoms with Crippen molar-refractivity contribution in [3.63, 3.8) is 0 Å². The Kier molecular flexibility index (Phi) is 6.75. The smallest absolute Gasteiger partial charge is 0.407 e. The number of piperidine rings is 1. The number of likely N-dealkylation sites (tertiary alicyclic amines) is 1. The topological polar surface area (TPSA) is 95.9 Å². The van der Waals surface area contributed by atoms with Crippen LogP contribution in [0.25, 0.3) is 11.1 Å². The second kappa shape index (κ2) is 10.1. The number of nitrogens with one attached hydrogen (secondary N) is 1. The first-order valence-electron chi connectivity index (χ1n) is 12.7. The summed E-state index contributed by atoms with van der Waals surface area (Å²) in [6.07, 6.45) is 4.18. The Bertz CT molecular complexity index is 1070. The Balaban J connectivity index is 1.17. The molecular formula is C28H32N2O5. The maximum Gasteiger partial charge on any atom is 0.407 e. The van der Waals surface area contributed by atoms with Gasteiger partial charge in [0.25, 0.3) is 0 Å². The molecule has 3 atom stereocenters. The van der Waals surface area contributed by atoms with Crippen molar-refractivity contribution >= 4 is 18.0 Å². The molecule has 35 heavy (non-hydrogen) atoms. The van der Waals surface area contributed by atoms with Crippen LogP contribution < -0.4 is 5.32 Å². The van der Waals surface area contributed by atoms with E-state index < -0.39 is 18.1 Å². The molecule has 7 heteroatoms. The first-order chi connectivity index (χ1) is 17.0. The van der Waals surface area contributed by atoms with Gasteiger partial charge in [0.2, 0.25) is 5.91 Å². The van der Waals surface area contributed by atoms with E-state index in [-0.39, 0.29) is 30.3 Å². The molecule has 0 radical (unpaired) electrons. The van der Waals surface area contributed by atoms with Crippen LogP contribution in [0.3, 0.4) is 0 Å². The highest BCUT2D eigenvalue weighted by Gasteiger charge is 2.40. The number of fused-ring (bicyclic) bond motifs is 3. The highest BCUT2D eigenvalue weighted by Crippen LogP contribution is 2.44. The van der Waals surface area contributed by atoms with Crippen molar-refractivity contribution in [2.45, 2.75) is 50.5 Å². The third kappa shape index (κ3) is 4.64. The fourth-order valence-corrected chi connectivity index (χ4v) is 6.14. The van der Waals surface area contributed by atoms with Crippen LogP contribution in [-0.2, 0) is 14.3 Å². The van der Waals surface area contributed by atoms with Crippen molar-refractivity contribution in [3.05, 3.63) is 59.7 Å². The second-order valence-corrected chi connectivity index (χ2v) is 9.89. The summed E-state index contributed by atoms with van der Waals surface area (Å²) in [6, 6.07) is 15.7. The van der Waals surface area contributed by atoms with Crippen molar-refractivity contribution in [2.24, 2.45) is 11.8 Å². The van der Waals surface area contributed by atoms with Crippen LogP contribution in [0.15, 0.2) is 48.5 Å². The van der Waals surface area contributed by atoms with Gasteiger partial charge in [-0.3, -0.25) is 4.79 Å². The van der Waals surface area contributed by atoms with Crippen LogP contribution in [0, 0.1) is 11.8 Å². The second-order valence-electron chi connectivity index (χ2n) is 9.89. The normalized spacial score (nSPS) is 23.4. The van der Waals surface area contributed by atoms with E-state index in [4.69, 9.17) is 4.74 Å². The summed E-state index contributed by atoms with van der Waals surface area (Å²) in [5, 5.41) is 12.4. The summed E-state index contributed by atoms with van der Waals surface area (Å²) in [5.41, 5.74) is 4.69. The van der Waals surface area contributed by atoms with Gasteiger partial charge in [0.1, 0.15) is 12.6 Å². The monoisotopic (exact) mass is 476 g/mol. The van der Waals surface area contributed by atoms with Crippen molar-refractivity contribution in [3.8, 4) is 11.1 Å². The molecule has 1 aliphatic heterocycles. The van der Waals surface area contributed by atoms with Crippen molar-refractivity contribution in [2.75, 3.05) is 19.7 Å². The molecule has 1 heterocycles. The minimum atomic E-state index is -0.927. The molecule has 0 bridgehead atoms. The molecule has 1 saturated heterocycles. The first kappa shape index (κ1) is 23.4. The fourth-order valence-electron chi connectivity index (χ4n) is 6.14. The lowest BCUT2D eigenvalue weighted by molar-refractivity contribution is -0.154. The number of benzene rings is 2. The summed E-state index contributed by atoms with van der Waals surface area (Å²) >= 11 is 0. The Morgan fingerprint density at radius 2 is 1.60 bits per heavy atom. The molecule has 0 spiro atoms. The van der Waals surface area contributed by atoms with E-state index >= 15 is 0 Å². The molecule has 2 aromatic rings. The lowest BCUT2D eigenvalue weighted by atomic mass is 9.92. The van der Waals surface area contributed by atoms with E-state index in [1.807, 2.05) is 24.3 Å². The number of nitrogens with zero attached hydrogens (tertiary/aromatic N) is 1. The molecule has 2 N–H and O–H groups in total. The lowest BCUT2D eigenvalue weighted by Crippen LogP contribution is -2.51. The zero-order valence-corrected chi connectivity index (χ0v) is 19.8. The predicted octanol–water partition coefficient (Wildman–Crippen LogP) is 4.41. The van der Waals surface area contributed by atoms with Crippen LogP contribution >= 0.6 is 0 Å². The molecule has 2 fully saturated rings. The van der Waals surface area contributed by atoms with E-state index in [9.17, 15) is 19.5 Å². The van der Waals surface area contributed by atoms with Gasteiger partial charge in [-0.15, -0.1) is 0 Å². The maximum absolute atomic E-state index is 13.2. The molecule has 2 amide bonds. The van der Waals surface area contributed by atoms with Crippen molar-refractivity contribution < 1.29 is 24.2 Å². The van der Waals surface area contributed by atoms with E-state index in [0.29, 0.717) is 19.5 Å². The largest absolute Gasteiger partial charge is 0.480 e. The van der Waals surface area contributed by atoms with Gasteiger partial charge >= 0.3 is 12.1 Å². The van der Waals surface area contributed by atoms with Gasteiger partial charge in [-0.25, -0.2) is 9.59 Å². The third-order valence-electron chi connectivity index (χ3n) is 7.90. The van der Waals surface area contributed by atoms with Gasteiger partial charge in [-0.1, -0.05) is 55.0 Å². The summed E-state index contributed by atoms with van der Waals surface area (Å²) in [7, 11) is 0. The molecule has 0 aromatic heterocycles. The summed E-state index contributed by atoms with van der Waals surface area (Å²) in [5.74, 6) is -1.25. The molecule has 1 saturated carbocycles. The maximum atomic E-state index is 13.2. The van der Waals surface area contributed by atoms with Gasteiger partial charge in [0.05, 0.1) is 0 Å². The van der Waals surface area contributed by atoms with Crippen LogP contribution in [-0.4, -0.2) is 53.7 Å². The van der Waals surface area contributed by atoms with Crippen molar-refractivity contribution in [1.82, 2.24) is 10.2 Å². The van der Waals surface area contributed by atoms with Crippen LogP contribution in [0.4, 0.5) is 4.79 Å². The number of carboxylic acid groups (broad SMARTS) is 1. The number of hydrogen-bond donors (Lipinski definition) is 2. The number of hydrogen-bond acceptors (Lipinski definition) is 4. The molecule has 7 nitrogen and oxygen atoms in total. The number of carbonyl (C=O) groups excluding carboxylic acids is 2. The quantitative estimate of drug-likeness (QED) is 0.644. The van der Waals surface area contributed by atoms with E-state index in [1.54, 1.807) is 4.90 Å². The highest BCUT2D eigenvalue weighted by atomic mass is 16.5. The number of carbonyl (C=O) groups is 3. The summed E-state index contributed by atoms with van der Waals surface area (Å²) in [6.45, 7) is 1.11. The molecular weight excluding hydrogens is 444 g/mol. The van der Waals surface area contributed by atoms with Crippen LogP contribution in [0.2, 0.25) is 0 Å².